The monoisotopic (exact) mass is 424 g/mol. The molecule has 0 unspecified atom stereocenters. The number of hydrogen-bond donors (Lipinski definition) is 1. The van der Waals surface area contributed by atoms with Gasteiger partial charge >= 0.3 is 0 Å². The maximum atomic E-state index is 12.1. The molecule has 0 heterocycles. The van der Waals surface area contributed by atoms with Crippen LogP contribution >= 0.6 is 22.6 Å². The molecule has 23 heavy (non-hydrogen) atoms. The van der Waals surface area contributed by atoms with Gasteiger partial charge in [-0.2, -0.15) is 0 Å². The molecular weight excluding hydrogens is 403 g/mol. The van der Waals surface area contributed by atoms with Gasteiger partial charge in [0.1, 0.15) is 5.75 Å². The molecule has 0 aromatic heterocycles. The van der Waals surface area contributed by atoms with Crippen molar-refractivity contribution in [2.24, 2.45) is 0 Å². The van der Waals surface area contributed by atoms with Gasteiger partial charge in [0, 0.05) is 34.5 Å². The number of anilines is 1. The molecule has 122 valence electrons. The van der Waals surface area contributed by atoms with Gasteiger partial charge in [-0.25, -0.2) is 0 Å². The molecule has 1 amide bonds. The first-order chi connectivity index (χ1) is 11.1. The van der Waals surface area contributed by atoms with Crippen LogP contribution in [-0.2, 0) is 0 Å². The molecular formula is C18H21IN2O2. The third kappa shape index (κ3) is 5.13. The molecule has 0 atom stereocenters. The molecule has 2 aromatic carbocycles. The summed E-state index contributed by atoms with van der Waals surface area (Å²) in [6.45, 7) is 4.35. The van der Waals surface area contributed by atoms with Crippen LogP contribution in [0.2, 0.25) is 0 Å². The number of methoxy groups -OCH3 is 1. The maximum Gasteiger partial charge on any atom is 0.251 e. The molecule has 0 bridgehead atoms. The molecule has 0 fully saturated rings. The molecule has 0 aliphatic heterocycles. The summed E-state index contributed by atoms with van der Waals surface area (Å²) < 4.78 is 6.24. The van der Waals surface area contributed by atoms with Gasteiger partial charge in [0.05, 0.1) is 7.11 Å². The molecule has 0 aliphatic rings. The Morgan fingerprint density at radius 1 is 1.22 bits per heavy atom. The van der Waals surface area contributed by atoms with E-state index in [0.717, 1.165) is 28.1 Å². The van der Waals surface area contributed by atoms with Crippen molar-refractivity contribution in [1.29, 1.82) is 0 Å². The average Bonchev–Trinajstić information content (AvgIpc) is 2.59. The summed E-state index contributed by atoms with van der Waals surface area (Å²) in [4.78, 5) is 14.4. The maximum absolute atomic E-state index is 12.1. The quantitative estimate of drug-likeness (QED) is 0.692. The van der Waals surface area contributed by atoms with Crippen molar-refractivity contribution in [3.63, 3.8) is 0 Å². The molecule has 1 N–H and O–H groups in total. The minimum atomic E-state index is -0.0331. The second kappa shape index (κ2) is 8.76. The fourth-order valence-electron chi connectivity index (χ4n) is 2.30. The third-order valence-corrected chi connectivity index (χ3v) is 4.24. The van der Waals surface area contributed by atoms with Crippen molar-refractivity contribution in [2.75, 3.05) is 31.6 Å². The van der Waals surface area contributed by atoms with E-state index < -0.39 is 0 Å². The Morgan fingerprint density at radius 2 is 1.96 bits per heavy atom. The Balaban J connectivity index is 1.89. The van der Waals surface area contributed by atoms with E-state index in [4.69, 9.17) is 4.74 Å². The van der Waals surface area contributed by atoms with Crippen LogP contribution in [-0.4, -0.2) is 32.7 Å². The molecule has 2 rings (SSSR count). The van der Waals surface area contributed by atoms with E-state index in [-0.39, 0.29) is 5.91 Å². The summed E-state index contributed by atoms with van der Waals surface area (Å²) in [6.07, 6.45) is 0. The predicted octanol–water partition coefficient (Wildman–Crippen LogP) is 3.56. The summed E-state index contributed by atoms with van der Waals surface area (Å²) in [6, 6.07) is 15.5. The number of benzene rings is 2. The van der Waals surface area contributed by atoms with Crippen molar-refractivity contribution in [2.45, 2.75) is 6.92 Å². The number of hydrogen-bond acceptors (Lipinski definition) is 3. The first kappa shape index (κ1) is 17.6. The van der Waals surface area contributed by atoms with Gasteiger partial charge < -0.3 is 15.0 Å². The van der Waals surface area contributed by atoms with Gasteiger partial charge in [-0.3, -0.25) is 4.79 Å². The van der Waals surface area contributed by atoms with E-state index in [9.17, 15) is 4.79 Å². The third-order valence-electron chi connectivity index (χ3n) is 3.57. The van der Waals surface area contributed by atoms with Gasteiger partial charge in [0.25, 0.3) is 5.91 Å². The minimum absolute atomic E-state index is 0.0331. The zero-order valence-corrected chi connectivity index (χ0v) is 15.5. The van der Waals surface area contributed by atoms with Crippen LogP contribution in [0, 0.1) is 3.57 Å². The Hall–Kier alpha value is -1.76. The van der Waals surface area contributed by atoms with E-state index >= 15 is 0 Å². The number of amides is 1. The van der Waals surface area contributed by atoms with Crippen molar-refractivity contribution in [3.05, 3.63) is 57.7 Å². The average molecular weight is 424 g/mol. The Morgan fingerprint density at radius 3 is 2.57 bits per heavy atom. The minimum Gasteiger partial charge on any atom is -0.497 e. The number of nitrogens with one attached hydrogen (secondary N) is 1. The highest BCUT2D eigenvalue weighted by molar-refractivity contribution is 14.1. The lowest BCUT2D eigenvalue weighted by atomic mass is 10.2. The molecule has 0 aliphatic carbocycles. The van der Waals surface area contributed by atoms with Crippen molar-refractivity contribution < 1.29 is 9.53 Å². The highest BCUT2D eigenvalue weighted by Gasteiger charge is 2.08. The second-order valence-electron chi connectivity index (χ2n) is 5.04. The molecule has 0 spiro atoms. The van der Waals surface area contributed by atoms with Crippen LogP contribution in [0.5, 0.6) is 5.75 Å². The molecule has 5 heteroatoms. The van der Waals surface area contributed by atoms with E-state index in [1.807, 2.05) is 48.5 Å². The van der Waals surface area contributed by atoms with Gasteiger partial charge in [-0.1, -0.05) is 6.07 Å². The number of ether oxygens (including phenoxy) is 1. The fourth-order valence-corrected chi connectivity index (χ4v) is 2.84. The van der Waals surface area contributed by atoms with E-state index in [0.29, 0.717) is 12.1 Å². The molecule has 2 aromatic rings. The van der Waals surface area contributed by atoms with Crippen molar-refractivity contribution in [3.8, 4) is 5.75 Å². The zero-order chi connectivity index (χ0) is 16.7. The second-order valence-corrected chi connectivity index (χ2v) is 6.29. The first-order valence-electron chi connectivity index (χ1n) is 7.56. The summed E-state index contributed by atoms with van der Waals surface area (Å²) in [5, 5.41) is 2.97. The van der Waals surface area contributed by atoms with Crippen molar-refractivity contribution in [1.82, 2.24) is 5.32 Å². The zero-order valence-electron chi connectivity index (χ0n) is 13.4. The first-order valence-corrected chi connectivity index (χ1v) is 8.64. The van der Waals surface area contributed by atoms with Gasteiger partial charge in [-0.15, -0.1) is 0 Å². The fraction of sp³-hybridized carbons (Fsp3) is 0.278. The molecule has 0 saturated heterocycles. The van der Waals surface area contributed by atoms with Crippen LogP contribution in [0.25, 0.3) is 0 Å². The standard InChI is InChI=1S/C18H21IN2O2/c1-3-21(16-7-9-17(23-2)10-8-16)12-11-20-18(22)14-5-4-6-15(19)13-14/h4-10,13H,3,11-12H2,1-2H3,(H,20,22). The molecule has 0 saturated carbocycles. The van der Waals surface area contributed by atoms with Gasteiger partial charge in [0.2, 0.25) is 0 Å². The Kier molecular flexibility index (Phi) is 6.70. The number of halogens is 1. The summed E-state index contributed by atoms with van der Waals surface area (Å²) in [5.74, 6) is 0.811. The molecule has 0 radical (unpaired) electrons. The van der Waals surface area contributed by atoms with E-state index in [1.54, 1.807) is 7.11 Å². The topological polar surface area (TPSA) is 41.6 Å². The van der Waals surface area contributed by atoms with Crippen LogP contribution in [0.15, 0.2) is 48.5 Å². The summed E-state index contributed by atoms with van der Waals surface area (Å²) in [5.41, 5.74) is 1.82. The lowest BCUT2D eigenvalue weighted by molar-refractivity contribution is 0.0954. The smallest absolute Gasteiger partial charge is 0.251 e. The Bertz CT molecular complexity index is 644. The number of carbonyl (C=O) groups is 1. The van der Waals surface area contributed by atoms with Crippen LogP contribution in [0.1, 0.15) is 17.3 Å². The SMILES string of the molecule is CCN(CCNC(=O)c1cccc(I)c1)c1ccc(OC)cc1. The van der Waals surface area contributed by atoms with Crippen LogP contribution in [0.4, 0.5) is 5.69 Å². The summed E-state index contributed by atoms with van der Waals surface area (Å²) >= 11 is 2.21. The largest absolute Gasteiger partial charge is 0.497 e. The van der Waals surface area contributed by atoms with Gasteiger partial charge in [0.15, 0.2) is 0 Å². The number of likely N-dealkylation sites (N-methyl/N-ethyl adjacent to an activating group) is 1. The summed E-state index contributed by atoms with van der Waals surface area (Å²) in [7, 11) is 1.66. The van der Waals surface area contributed by atoms with E-state index in [2.05, 4.69) is 39.7 Å². The van der Waals surface area contributed by atoms with E-state index in [1.165, 1.54) is 0 Å². The highest BCUT2D eigenvalue weighted by atomic mass is 127. The van der Waals surface area contributed by atoms with Crippen LogP contribution in [0.3, 0.4) is 0 Å². The number of carbonyl (C=O) groups excluding carboxylic acids is 1. The number of nitrogens with zero attached hydrogens (tertiary/aromatic N) is 1. The Labute approximate surface area is 151 Å². The normalized spacial score (nSPS) is 10.2. The lowest BCUT2D eigenvalue weighted by Gasteiger charge is -2.23. The highest BCUT2D eigenvalue weighted by Crippen LogP contribution is 2.18. The lowest BCUT2D eigenvalue weighted by Crippen LogP contribution is -2.35. The van der Waals surface area contributed by atoms with Crippen molar-refractivity contribution >= 4 is 34.2 Å². The predicted molar refractivity (Wildman–Crippen MR) is 102 cm³/mol. The van der Waals surface area contributed by atoms with Crippen LogP contribution < -0.4 is 15.0 Å². The molecule has 4 nitrogen and oxygen atoms in total. The van der Waals surface area contributed by atoms with Gasteiger partial charge in [-0.05, 0) is 72.0 Å². The number of rotatable bonds is 7.